The molecule has 3 rings (SSSR count). The number of primary amides is 1. The number of hydrogen-bond acceptors (Lipinski definition) is 3. The molecule has 0 atom stereocenters. The second kappa shape index (κ2) is 7.65. The molecule has 2 N–H and O–H groups in total. The van der Waals surface area contributed by atoms with Crippen LogP contribution < -0.4 is 15.4 Å². The third-order valence-electron chi connectivity index (χ3n) is 3.95. The van der Waals surface area contributed by atoms with Crippen molar-refractivity contribution in [2.75, 3.05) is 12.0 Å². The molecule has 0 spiro atoms. The van der Waals surface area contributed by atoms with Gasteiger partial charge in [-0.3, -0.25) is 4.90 Å². The Bertz CT molecular complexity index is 930. The molecular formula is C20H18FN3O2. The Balaban J connectivity index is 1.99. The lowest BCUT2D eigenvalue weighted by atomic mass is 10.1. The molecule has 2 aromatic carbocycles. The van der Waals surface area contributed by atoms with E-state index in [4.69, 9.17) is 10.5 Å². The Hall–Kier alpha value is -3.41. The van der Waals surface area contributed by atoms with Gasteiger partial charge in [-0.1, -0.05) is 36.4 Å². The number of halogens is 1. The maximum absolute atomic E-state index is 14.0. The number of aromatic nitrogens is 1. The number of anilines is 1. The Kier molecular flexibility index (Phi) is 5.12. The first-order chi connectivity index (χ1) is 12.6. The van der Waals surface area contributed by atoms with E-state index in [1.165, 1.54) is 11.0 Å². The van der Waals surface area contributed by atoms with E-state index in [1.807, 2.05) is 30.3 Å². The summed E-state index contributed by atoms with van der Waals surface area (Å²) in [5.74, 6) is 0.598. The highest BCUT2D eigenvalue weighted by Gasteiger charge is 2.17. The number of pyridine rings is 1. The maximum Gasteiger partial charge on any atom is 0.320 e. The van der Waals surface area contributed by atoms with E-state index in [1.54, 1.807) is 37.4 Å². The van der Waals surface area contributed by atoms with Crippen molar-refractivity contribution in [2.45, 2.75) is 6.54 Å². The Morgan fingerprint density at radius 1 is 1.08 bits per heavy atom. The van der Waals surface area contributed by atoms with Crippen molar-refractivity contribution in [3.8, 4) is 17.0 Å². The van der Waals surface area contributed by atoms with Gasteiger partial charge < -0.3 is 10.5 Å². The van der Waals surface area contributed by atoms with Crippen LogP contribution in [0, 0.1) is 5.82 Å². The van der Waals surface area contributed by atoms with Gasteiger partial charge in [0.25, 0.3) is 0 Å². The molecule has 132 valence electrons. The first-order valence-electron chi connectivity index (χ1n) is 8.01. The highest BCUT2D eigenvalue weighted by atomic mass is 19.1. The molecule has 2 amide bonds. The lowest BCUT2D eigenvalue weighted by Crippen LogP contribution is -2.36. The van der Waals surface area contributed by atoms with E-state index >= 15 is 0 Å². The Morgan fingerprint density at radius 2 is 1.81 bits per heavy atom. The smallest absolute Gasteiger partial charge is 0.320 e. The molecule has 0 radical (unpaired) electrons. The van der Waals surface area contributed by atoms with Gasteiger partial charge in [0, 0.05) is 11.1 Å². The summed E-state index contributed by atoms with van der Waals surface area (Å²) < 4.78 is 19.3. The van der Waals surface area contributed by atoms with Crippen LogP contribution in [0.2, 0.25) is 0 Å². The van der Waals surface area contributed by atoms with Crippen molar-refractivity contribution in [1.82, 2.24) is 4.98 Å². The fraction of sp³-hybridized carbons (Fsp3) is 0.100. The number of para-hydroxylation sites is 1. The molecule has 0 aliphatic carbocycles. The Morgan fingerprint density at radius 3 is 2.54 bits per heavy atom. The number of methoxy groups -OCH3 is 1. The fourth-order valence-corrected chi connectivity index (χ4v) is 2.65. The van der Waals surface area contributed by atoms with Crippen LogP contribution in [0.3, 0.4) is 0 Å². The van der Waals surface area contributed by atoms with E-state index in [0.717, 1.165) is 5.56 Å². The molecule has 3 aromatic rings. The van der Waals surface area contributed by atoms with Gasteiger partial charge in [0.1, 0.15) is 17.4 Å². The standard InChI is InChI=1S/C20H18FN3O2/c1-26-18-11-5-3-8-15(18)17-10-6-12-19(23-17)24(20(22)25)13-14-7-2-4-9-16(14)21/h2-12H,13H2,1H3,(H2,22,25). The molecule has 0 unspecified atom stereocenters. The molecule has 0 aliphatic rings. The molecule has 6 heteroatoms. The summed E-state index contributed by atoms with van der Waals surface area (Å²) >= 11 is 0. The lowest BCUT2D eigenvalue weighted by Gasteiger charge is -2.20. The highest BCUT2D eigenvalue weighted by Crippen LogP contribution is 2.29. The van der Waals surface area contributed by atoms with Crippen molar-refractivity contribution in [3.63, 3.8) is 0 Å². The van der Waals surface area contributed by atoms with Gasteiger partial charge in [0.2, 0.25) is 0 Å². The molecular weight excluding hydrogens is 333 g/mol. The van der Waals surface area contributed by atoms with Crippen molar-refractivity contribution >= 4 is 11.8 Å². The second-order valence-electron chi connectivity index (χ2n) is 5.60. The number of carbonyl (C=O) groups is 1. The largest absolute Gasteiger partial charge is 0.496 e. The zero-order valence-electron chi connectivity index (χ0n) is 14.2. The van der Waals surface area contributed by atoms with Gasteiger partial charge in [0.15, 0.2) is 0 Å². The van der Waals surface area contributed by atoms with Crippen LogP contribution in [-0.2, 0) is 6.54 Å². The molecule has 0 aliphatic heterocycles. The predicted octanol–water partition coefficient (Wildman–Crippen LogP) is 3.98. The van der Waals surface area contributed by atoms with E-state index in [0.29, 0.717) is 22.8 Å². The number of carbonyl (C=O) groups excluding carboxylic acids is 1. The third-order valence-corrected chi connectivity index (χ3v) is 3.95. The van der Waals surface area contributed by atoms with Crippen LogP contribution in [0.5, 0.6) is 5.75 Å². The molecule has 0 fully saturated rings. The van der Waals surface area contributed by atoms with Gasteiger partial charge in [-0.05, 0) is 30.3 Å². The minimum Gasteiger partial charge on any atom is -0.496 e. The summed E-state index contributed by atoms with van der Waals surface area (Å²) in [6.45, 7) is -0.00954. The van der Waals surface area contributed by atoms with Crippen LogP contribution in [0.15, 0.2) is 66.7 Å². The van der Waals surface area contributed by atoms with Crippen LogP contribution in [0.4, 0.5) is 15.0 Å². The number of urea groups is 1. The second-order valence-corrected chi connectivity index (χ2v) is 5.60. The number of benzene rings is 2. The maximum atomic E-state index is 14.0. The van der Waals surface area contributed by atoms with Crippen molar-refractivity contribution < 1.29 is 13.9 Å². The highest BCUT2D eigenvalue weighted by molar-refractivity contribution is 5.90. The average molecular weight is 351 g/mol. The van der Waals surface area contributed by atoms with Gasteiger partial charge >= 0.3 is 6.03 Å². The summed E-state index contributed by atoms with van der Waals surface area (Å²) in [6.07, 6.45) is 0. The van der Waals surface area contributed by atoms with Gasteiger partial charge in [-0.2, -0.15) is 0 Å². The molecule has 0 bridgehead atoms. The molecule has 1 aromatic heterocycles. The monoisotopic (exact) mass is 351 g/mol. The number of ether oxygens (including phenoxy) is 1. The van der Waals surface area contributed by atoms with Crippen LogP contribution in [0.1, 0.15) is 5.56 Å². The van der Waals surface area contributed by atoms with E-state index in [9.17, 15) is 9.18 Å². The predicted molar refractivity (Wildman–Crippen MR) is 98.4 cm³/mol. The van der Waals surface area contributed by atoms with Crippen LogP contribution >= 0.6 is 0 Å². The zero-order valence-corrected chi connectivity index (χ0v) is 14.2. The number of nitrogens with two attached hydrogens (primary N) is 1. The normalized spacial score (nSPS) is 10.4. The van der Waals surface area contributed by atoms with E-state index < -0.39 is 11.8 Å². The van der Waals surface area contributed by atoms with Crippen molar-refractivity contribution in [2.24, 2.45) is 5.73 Å². The fourth-order valence-electron chi connectivity index (χ4n) is 2.65. The number of hydrogen-bond donors (Lipinski definition) is 1. The first-order valence-corrected chi connectivity index (χ1v) is 8.01. The number of rotatable bonds is 5. The van der Waals surface area contributed by atoms with Gasteiger partial charge in [-0.25, -0.2) is 14.2 Å². The van der Waals surface area contributed by atoms with Gasteiger partial charge in [0.05, 0.1) is 19.3 Å². The van der Waals surface area contributed by atoms with E-state index in [2.05, 4.69) is 4.98 Å². The SMILES string of the molecule is COc1ccccc1-c1cccc(N(Cc2ccccc2F)C(N)=O)n1. The Labute approximate surface area is 150 Å². The van der Waals surface area contributed by atoms with Crippen LogP contribution in [-0.4, -0.2) is 18.1 Å². The summed E-state index contributed by atoms with van der Waals surface area (Å²) in [5.41, 5.74) is 7.28. The van der Waals surface area contributed by atoms with Crippen molar-refractivity contribution in [1.29, 1.82) is 0 Å². The minimum absolute atomic E-state index is 0.00954. The van der Waals surface area contributed by atoms with Gasteiger partial charge in [-0.15, -0.1) is 0 Å². The molecule has 0 saturated carbocycles. The molecule has 26 heavy (non-hydrogen) atoms. The summed E-state index contributed by atoms with van der Waals surface area (Å²) in [7, 11) is 1.58. The summed E-state index contributed by atoms with van der Waals surface area (Å²) in [4.78, 5) is 17.7. The average Bonchev–Trinajstić information content (AvgIpc) is 2.67. The topological polar surface area (TPSA) is 68.5 Å². The first kappa shape index (κ1) is 17.4. The van der Waals surface area contributed by atoms with Crippen LogP contribution in [0.25, 0.3) is 11.3 Å². The quantitative estimate of drug-likeness (QED) is 0.756. The van der Waals surface area contributed by atoms with Crippen molar-refractivity contribution in [3.05, 3.63) is 78.1 Å². The molecule has 1 heterocycles. The molecule has 5 nitrogen and oxygen atoms in total. The lowest BCUT2D eigenvalue weighted by molar-refractivity contribution is 0.253. The number of amides is 2. The summed E-state index contributed by atoms with van der Waals surface area (Å²) in [6, 6.07) is 18.2. The zero-order chi connectivity index (χ0) is 18.5. The number of nitrogens with zero attached hydrogens (tertiary/aromatic N) is 2. The van der Waals surface area contributed by atoms with E-state index in [-0.39, 0.29) is 6.54 Å². The molecule has 0 saturated heterocycles. The minimum atomic E-state index is -0.710. The summed E-state index contributed by atoms with van der Waals surface area (Å²) in [5, 5.41) is 0. The third kappa shape index (κ3) is 3.64.